The maximum absolute atomic E-state index is 11.9. The van der Waals surface area contributed by atoms with E-state index < -0.39 is 0 Å². The molecule has 0 bridgehead atoms. The molecule has 0 aliphatic carbocycles. The molecule has 0 aliphatic heterocycles. The Balaban J connectivity index is 3.14. The number of unbranched alkanes of at least 4 members (excludes halogenated alkanes) is 22. The van der Waals surface area contributed by atoms with Gasteiger partial charge in [0.25, 0.3) is 0 Å². The molecule has 0 aromatic heterocycles. The van der Waals surface area contributed by atoms with Crippen LogP contribution in [0.4, 0.5) is 0 Å². The zero-order valence-corrected chi connectivity index (χ0v) is 21.8. The smallest absolute Gasteiger partial charge is 0.219 e. The van der Waals surface area contributed by atoms with Crippen LogP contribution in [0.3, 0.4) is 0 Å². The van der Waals surface area contributed by atoms with Crippen molar-refractivity contribution >= 4 is 12.2 Å². The summed E-state index contributed by atoms with van der Waals surface area (Å²) in [6, 6.07) is 0. The second kappa shape index (κ2) is 28.2. The molecule has 0 saturated heterocycles. The van der Waals surface area contributed by atoms with Crippen molar-refractivity contribution in [3.63, 3.8) is 0 Å². The van der Waals surface area contributed by atoms with Crippen LogP contribution in [0.1, 0.15) is 167 Å². The van der Waals surface area contributed by atoms with Crippen molar-refractivity contribution in [1.29, 1.82) is 0 Å². The van der Waals surface area contributed by atoms with Crippen molar-refractivity contribution in [2.45, 2.75) is 167 Å². The summed E-state index contributed by atoms with van der Waals surface area (Å²) < 4.78 is 0. The van der Waals surface area contributed by atoms with Crippen LogP contribution >= 0.6 is 0 Å². The molecule has 1 N–H and O–H groups in total. The van der Waals surface area contributed by atoms with E-state index >= 15 is 0 Å². The molecule has 0 rings (SSSR count). The zero-order valence-electron chi connectivity index (χ0n) is 21.8. The van der Waals surface area contributed by atoms with Crippen LogP contribution in [0.5, 0.6) is 0 Å². The number of nitrogens with one attached hydrogen (secondary N) is 1. The van der Waals surface area contributed by atoms with E-state index in [4.69, 9.17) is 0 Å². The second-order valence-electron chi connectivity index (χ2n) is 9.83. The lowest BCUT2D eigenvalue weighted by molar-refractivity contribution is -0.121. The minimum Gasteiger partial charge on any atom is -0.356 e. The average Bonchev–Trinajstić information content (AvgIpc) is 2.80. The van der Waals surface area contributed by atoms with E-state index in [9.17, 15) is 9.59 Å². The molecular formula is C29H57NO2. The van der Waals surface area contributed by atoms with E-state index in [0.717, 1.165) is 38.5 Å². The van der Waals surface area contributed by atoms with Crippen LogP contribution in [-0.4, -0.2) is 18.7 Å². The standard InChI is InChI=1S/C29H57NO2/c1-2-3-4-5-6-7-8-9-12-15-18-21-24-27-30-29(32)26-23-20-17-14-11-10-13-16-19-22-25-28-31/h28H,2-27H2,1H3,(H,30,32). The Morgan fingerprint density at radius 3 is 1.34 bits per heavy atom. The predicted octanol–water partition coefficient (Wildman–Crippen LogP) is 9.07. The van der Waals surface area contributed by atoms with Gasteiger partial charge >= 0.3 is 0 Å². The van der Waals surface area contributed by atoms with Crippen molar-refractivity contribution in [2.75, 3.05) is 6.54 Å². The van der Waals surface area contributed by atoms with Crippen LogP contribution < -0.4 is 5.32 Å². The van der Waals surface area contributed by atoms with Gasteiger partial charge in [0.1, 0.15) is 6.29 Å². The van der Waals surface area contributed by atoms with Crippen molar-refractivity contribution in [1.82, 2.24) is 5.32 Å². The largest absolute Gasteiger partial charge is 0.356 e. The quantitative estimate of drug-likeness (QED) is 0.0999. The number of hydrogen-bond acceptors (Lipinski definition) is 2. The maximum Gasteiger partial charge on any atom is 0.219 e. The van der Waals surface area contributed by atoms with Crippen LogP contribution in [0.25, 0.3) is 0 Å². The Hall–Kier alpha value is -0.860. The fourth-order valence-electron chi connectivity index (χ4n) is 4.39. The first-order chi connectivity index (χ1) is 15.8. The Morgan fingerprint density at radius 1 is 0.531 bits per heavy atom. The summed E-state index contributed by atoms with van der Waals surface area (Å²) >= 11 is 0. The normalized spacial score (nSPS) is 11.0. The molecule has 0 unspecified atom stereocenters. The topological polar surface area (TPSA) is 46.2 Å². The monoisotopic (exact) mass is 451 g/mol. The van der Waals surface area contributed by atoms with Gasteiger partial charge in [-0.1, -0.05) is 135 Å². The van der Waals surface area contributed by atoms with Crippen molar-refractivity contribution in [2.24, 2.45) is 0 Å². The third-order valence-electron chi connectivity index (χ3n) is 6.58. The average molecular weight is 452 g/mol. The van der Waals surface area contributed by atoms with E-state index in [-0.39, 0.29) is 5.91 Å². The molecule has 0 aliphatic rings. The summed E-state index contributed by atoms with van der Waals surface area (Å²) in [5, 5.41) is 3.10. The van der Waals surface area contributed by atoms with Gasteiger partial charge in [0.05, 0.1) is 0 Å². The van der Waals surface area contributed by atoms with Crippen LogP contribution in [0, 0.1) is 0 Å². The van der Waals surface area contributed by atoms with Crippen molar-refractivity contribution in [3.05, 3.63) is 0 Å². The number of amides is 1. The van der Waals surface area contributed by atoms with E-state index in [0.29, 0.717) is 6.42 Å². The molecule has 3 nitrogen and oxygen atoms in total. The maximum atomic E-state index is 11.9. The van der Waals surface area contributed by atoms with Gasteiger partial charge in [-0.3, -0.25) is 4.79 Å². The minimum absolute atomic E-state index is 0.249. The minimum atomic E-state index is 0.249. The van der Waals surface area contributed by atoms with Gasteiger partial charge in [-0.15, -0.1) is 0 Å². The highest BCUT2D eigenvalue weighted by atomic mass is 16.1. The Morgan fingerprint density at radius 2 is 0.906 bits per heavy atom. The highest BCUT2D eigenvalue weighted by molar-refractivity contribution is 5.75. The second-order valence-corrected chi connectivity index (χ2v) is 9.83. The molecule has 3 heteroatoms. The van der Waals surface area contributed by atoms with E-state index in [1.54, 1.807) is 0 Å². The summed E-state index contributed by atoms with van der Waals surface area (Å²) in [7, 11) is 0. The van der Waals surface area contributed by atoms with Crippen LogP contribution in [0.2, 0.25) is 0 Å². The fourth-order valence-corrected chi connectivity index (χ4v) is 4.39. The number of carbonyl (C=O) groups is 2. The first-order valence-corrected chi connectivity index (χ1v) is 14.5. The van der Waals surface area contributed by atoms with Gasteiger partial charge in [-0.2, -0.15) is 0 Å². The molecular weight excluding hydrogens is 394 g/mol. The van der Waals surface area contributed by atoms with Gasteiger partial charge in [-0.25, -0.2) is 0 Å². The van der Waals surface area contributed by atoms with E-state index in [1.165, 1.54) is 128 Å². The number of hydrogen-bond donors (Lipinski definition) is 1. The van der Waals surface area contributed by atoms with E-state index in [1.807, 2.05) is 0 Å². The molecule has 190 valence electrons. The van der Waals surface area contributed by atoms with Gasteiger partial charge in [0, 0.05) is 19.4 Å². The first kappa shape index (κ1) is 31.1. The summed E-state index contributed by atoms with van der Waals surface area (Å²) in [6.07, 6.45) is 32.5. The Kier molecular flexibility index (Phi) is 27.4. The van der Waals surface area contributed by atoms with Gasteiger partial charge in [0.2, 0.25) is 5.91 Å². The Labute approximate surface area is 201 Å². The SMILES string of the molecule is CCCCCCCCCCCCCCCNC(=O)CCCCCCCCCCCCC=O. The predicted molar refractivity (Wildman–Crippen MR) is 140 cm³/mol. The lowest BCUT2D eigenvalue weighted by Gasteiger charge is -2.06. The van der Waals surface area contributed by atoms with E-state index in [2.05, 4.69) is 12.2 Å². The summed E-state index contributed by atoms with van der Waals surface area (Å²) in [6.45, 7) is 3.14. The molecule has 1 amide bonds. The molecule has 0 atom stereocenters. The van der Waals surface area contributed by atoms with Crippen molar-refractivity contribution < 1.29 is 9.59 Å². The van der Waals surface area contributed by atoms with Crippen molar-refractivity contribution in [3.8, 4) is 0 Å². The molecule has 0 heterocycles. The molecule has 0 radical (unpaired) electrons. The zero-order chi connectivity index (χ0) is 23.4. The summed E-state index contributed by atoms with van der Waals surface area (Å²) in [4.78, 5) is 22.2. The lowest BCUT2D eigenvalue weighted by Crippen LogP contribution is -2.23. The van der Waals surface area contributed by atoms with Gasteiger partial charge < -0.3 is 10.1 Å². The molecule has 0 aromatic carbocycles. The third kappa shape index (κ3) is 27.2. The summed E-state index contributed by atoms with van der Waals surface area (Å²) in [5.41, 5.74) is 0. The highest BCUT2D eigenvalue weighted by Crippen LogP contribution is 2.13. The number of rotatable bonds is 27. The molecule has 0 spiro atoms. The number of aldehydes is 1. The van der Waals surface area contributed by atoms with Gasteiger partial charge in [0.15, 0.2) is 0 Å². The Bertz CT molecular complexity index is 383. The van der Waals surface area contributed by atoms with Crippen LogP contribution in [0.15, 0.2) is 0 Å². The molecule has 0 fully saturated rings. The third-order valence-corrected chi connectivity index (χ3v) is 6.58. The first-order valence-electron chi connectivity index (χ1n) is 14.5. The molecule has 0 aromatic rings. The lowest BCUT2D eigenvalue weighted by atomic mass is 10.0. The molecule has 32 heavy (non-hydrogen) atoms. The summed E-state index contributed by atoms with van der Waals surface area (Å²) in [5.74, 6) is 0.249. The number of carbonyl (C=O) groups excluding carboxylic acids is 2. The fraction of sp³-hybridized carbons (Fsp3) is 0.931. The van der Waals surface area contributed by atoms with Crippen LogP contribution in [-0.2, 0) is 9.59 Å². The van der Waals surface area contributed by atoms with Gasteiger partial charge in [-0.05, 0) is 19.3 Å². The highest BCUT2D eigenvalue weighted by Gasteiger charge is 2.01. The molecule has 0 saturated carbocycles.